The van der Waals surface area contributed by atoms with Crippen LogP contribution in [-0.2, 0) is 4.79 Å². The second-order valence-electron chi connectivity index (χ2n) is 6.09. The maximum atomic E-state index is 12.3. The number of carbonyl (C=O) groups excluding carboxylic acids is 2. The fourth-order valence-corrected chi connectivity index (χ4v) is 4.11. The average Bonchev–Trinajstić information content (AvgIpc) is 3.12. The highest BCUT2D eigenvalue weighted by atomic mass is 35.5. The standard InChI is InChI=1S/C19H16Cl2N4O2S2/c1-10-3-4-12(7-11(10)2)17(27)23-18-24-25-19(29-18)28-9-16(26)22-13-5-6-14(20)15(21)8-13/h3-8H,9H2,1-2H3,(H,22,26)(H,23,24,27). The first-order valence-electron chi connectivity index (χ1n) is 8.41. The first-order valence-corrected chi connectivity index (χ1v) is 11.0. The third-order valence-corrected chi connectivity index (χ3v) is 6.64. The van der Waals surface area contributed by atoms with E-state index in [1.807, 2.05) is 26.0 Å². The van der Waals surface area contributed by atoms with Gasteiger partial charge in [-0.2, -0.15) is 0 Å². The van der Waals surface area contributed by atoms with Gasteiger partial charge in [0.25, 0.3) is 5.91 Å². The van der Waals surface area contributed by atoms with E-state index in [9.17, 15) is 9.59 Å². The number of carbonyl (C=O) groups is 2. The van der Waals surface area contributed by atoms with Gasteiger partial charge in [-0.3, -0.25) is 14.9 Å². The molecule has 0 aliphatic carbocycles. The largest absolute Gasteiger partial charge is 0.325 e. The van der Waals surface area contributed by atoms with Crippen LogP contribution in [0.15, 0.2) is 40.7 Å². The number of nitrogens with zero attached hydrogens (tertiary/aromatic N) is 2. The molecule has 3 rings (SSSR count). The molecule has 3 aromatic rings. The molecule has 0 saturated carbocycles. The second kappa shape index (κ2) is 9.58. The van der Waals surface area contributed by atoms with Crippen molar-refractivity contribution in [3.8, 4) is 0 Å². The van der Waals surface area contributed by atoms with Crippen LogP contribution in [0.5, 0.6) is 0 Å². The van der Waals surface area contributed by atoms with Crippen molar-refractivity contribution in [3.63, 3.8) is 0 Å². The van der Waals surface area contributed by atoms with E-state index in [4.69, 9.17) is 23.2 Å². The Hall–Kier alpha value is -2.13. The van der Waals surface area contributed by atoms with E-state index in [-0.39, 0.29) is 17.6 Å². The number of aromatic nitrogens is 2. The summed E-state index contributed by atoms with van der Waals surface area (Å²) in [5, 5.41) is 14.6. The van der Waals surface area contributed by atoms with Crippen LogP contribution in [0.25, 0.3) is 0 Å². The van der Waals surface area contributed by atoms with E-state index in [1.54, 1.807) is 24.3 Å². The lowest BCUT2D eigenvalue weighted by atomic mass is 10.1. The number of aryl methyl sites for hydroxylation is 2. The van der Waals surface area contributed by atoms with Gasteiger partial charge in [0.05, 0.1) is 15.8 Å². The van der Waals surface area contributed by atoms with E-state index in [0.29, 0.717) is 30.8 Å². The number of rotatable bonds is 6. The SMILES string of the molecule is Cc1ccc(C(=O)Nc2nnc(SCC(=O)Nc3ccc(Cl)c(Cl)c3)s2)cc1C. The van der Waals surface area contributed by atoms with Crippen molar-refractivity contribution in [3.05, 3.63) is 63.1 Å². The van der Waals surface area contributed by atoms with Gasteiger partial charge in [0.1, 0.15) is 0 Å². The topological polar surface area (TPSA) is 84.0 Å². The first kappa shape index (κ1) is 21.6. The third-order valence-electron chi connectivity index (χ3n) is 3.93. The monoisotopic (exact) mass is 466 g/mol. The predicted molar refractivity (Wildman–Crippen MR) is 120 cm³/mol. The Labute approximate surface area is 186 Å². The molecular weight excluding hydrogens is 451 g/mol. The van der Waals surface area contributed by atoms with Gasteiger partial charge in [0, 0.05) is 11.3 Å². The summed E-state index contributed by atoms with van der Waals surface area (Å²) < 4.78 is 0.574. The molecule has 0 aliphatic heterocycles. The summed E-state index contributed by atoms with van der Waals surface area (Å²) in [6.45, 7) is 3.94. The van der Waals surface area contributed by atoms with Crippen LogP contribution in [-0.4, -0.2) is 27.8 Å². The van der Waals surface area contributed by atoms with Crippen LogP contribution >= 0.6 is 46.3 Å². The Bertz CT molecular complexity index is 1070. The summed E-state index contributed by atoms with van der Waals surface area (Å²) in [5.74, 6) is -0.331. The summed E-state index contributed by atoms with van der Waals surface area (Å²) in [5.41, 5.74) is 3.27. The zero-order valence-corrected chi connectivity index (χ0v) is 18.6. The van der Waals surface area contributed by atoms with E-state index >= 15 is 0 Å². The van der Waals surface area contributed by atoms with Crippen LogP contribution in [0.1, 0.15) is 21.5 Å². The molecule has 0 bridgehead atoms. The van der Waals surface area contributed by atoms with E-state index in [2.05, 4.69) is 20.8 Å². The molecule has 10 heteroatoms. The van der Waals surface area contributed by atoms with Crippen LogP contribution < -0.4 is 10.6 Å². The van der Waals surface area contributed by atoms with Crippen LogP contribution in [0.2, 0.25) is 10.0 Å². The molecule has 2 amide bonds. The number of benzene rings is 2. The van der Waals surface area contributed by atoms with Crippen molar-refractivity contribution in [1.82, 2.24) is 10.2 Å². The Morgan fingerprint density at radius 3 is 2.52 bits per heavy atom. The first-order chi connectivity index (χ1) is 13.8. The molecule has 0 atom stereocenters. The summed E-state index contributed by atoms with van der Waals surface area (Å²) in [6.07, 6.45) is 0. The molecule has 29 heavy (non-hydrogen) atoms. The molecule has 2 N–H and O–H groups in total. The fourth-order valence-electron chi connectivity index (χ4n) is 2.27. The summed E-state index contributed by atoms with van der Waals surface area (Å²) in [4.78, 5) is 24.4. The van der Waals surface area contributed by atoms with Crippen LogP contribution in [0, 0.1) is 13.8 Å². The van der Waals surface area contributed by atoms with Gasteiger partial charge in [-0.05, 0) is 55.3 Å². The average molecular weight is 467 g/mol. The minimum absolute atomic E-state index is 0.139. The Morgan fingerprint density at radius 1 is 1.00 bits per heavy atom. The number of amides is 2. The number of nitrogens with one attached hydrogen (secondary N) is 2. The number of thioether (sulfide) groups is 1. The molecule has 150 valence electrons. The summed E-state index contributed by atoms with van der Waals surface area (Å²) in [7, 11) is 0. The van der Waals surface area contributed by atoms with Gasteiger partial charge >= 0.3 is 0 Å². The predicted octanol–water partition coefficient (Wildman–Crippen LogP) is 5.44. The number of hydrogen-bond donors (Lipinski definition) is 2. The smallest absolute Gasteiger partial charge is 0.257 e. The molecule has 0 fully saturated rings. The quantitative estimate of drug-likeness (QED) is 0.372. The molecule has 1 heterocycles. The molecule has 2 aromatic carbocycles. The van der Waals surface area contributed by atoms with Gasteiger partial charge in [0.2, 0.25) is 11.0 Å². The van der Waals surface area contributed by atoms with Crippen molar-refractivity contribution in [2.24, 2.45) is 0 Å². The van der Waals surface area contributed by atoms with E-state index in [0.717, 1.165) is 11.1 Å². The number of anilines is 2. The lowest BCUT2D eigenvalue weighted by Gasteiger charge is -2.05. The van der Waals surface area contributed by atoms with Gasteiger partial charge in [-0.25, -0.2) is 0 Å². The molecule has 0 radical (unpaired) electrons. The van der Waals surface area contributed by atoms with Crippen molar-refractivity contribution >= 4 is 68.9 Å². The van der Waals surface area contributed by atoms with E-state index in [1.165, 1.54) is 23.1 Å². The molecule has 0 unspecified atom stereocenters. The van der Waals surface area contributed by atoms with Gasteiger partial charge < -0.3 is 5.32 Å². The molecule has 0 aliphatic rings. The summed E-state index contributed by atoms with van der Waals surface area (Å²) in [6, 6.07) is 10.4. The van der Waals surface area contributed by atoms with E-state index < -0.39 is 0 Å². The van der Waals surface area contributed by atoms with Crippen LogP contribution in [0.3, 0.4) is 0 Å². The highest BCUT2D eigenvalue weighted by molar-refractivity contribution is 8.01. The molecule has 0 spiro atoms. The van der Waals surface area contributed by atoms with Crippen molar-refractivity contribution < 1.29 is 9.59 Å². The fraction of sp³-hybridized carbons (Fsp3) is 0.158. The highest BCUT2D eigenvalue weighted by Crippen LogP contribution is 2.27. The van der Waals surface area contributed by atoms with Crippen molar-refractivity contribution in [2.75, 3.05) is 16.4 Å². The number of hydrogen-bond acceptors (Lipinski definition) is 6. The maximum absolute atomic E-state index is 12.3. The normalized spacial score (nSPS) is 10.6. The number of halogens is 2. The molecule has 1 aromatic heterocycles. The Kier molecular flexibility index (Phi) is 7.13. The Morgan fingerprint density at radius 2 is 1.79 bits per heavy atom. The third kappa shape index (κ3) is 5.93. The summed E-state index contributed by atoms with van der Waals surface area (Å²) >= 11 is 14.2. The minimum Gasteiger partial charge on any atom is -0.325 e. The Balaban J connectivity index is 1.53. The molecule has 0 saturated heterocycles. The second-order valence-corrected chi connectivity index (χ2v) is 9.11. The van der Waals surface area contributed by atoms with Crippen LogP contribution in [0.4, 0.5) is 10.8 Å². The highest BCUT2D eigenvalue weighted by Gasteiger charge is 2.13. The lowest BCUT2D eigenvalue weighted by molar-refractivity contribution is -0.113. The zero-order valence-electron chi connectivity index (χ0n) is 15.5. The van der Waals surface area contributed by atoms with Gasteiger partial charge in [-0.15, -0.1) is 10.2 Å². The van der Waals surface area contributed by atoms with Gasteiger partial charge in [0.15, 0.2) is 4.34 Å². The lowest BCUT2D eigenvalue weighted by Crippen LogP contribution is -2.13. The minimum atomic E-state index is -0.252. The zero-order chi connectivity index (χ0) is 21.0. The molecular formula is C19H16Cl2N4O2S2. The van der Waals surface area contributed by atoms with Crippen molar-refractivity contribution in [2.45, 2.75) is 18.2 Å². The maximum Gasteiger partial charge on any atom is 0.257 e. The van der Waals surface area contributed by atoms with Gasteiger partial charge in [-0.1, -0.05) is 52.4 Å². The molecule has 6 nitrogen and oxygen atoms in total. The van der Waals surface area contributed by atoms with Crippen molar-refractivity contribution in [1.29, 1.82) is 0 Å².